The monoisotopic (exact) mass is 321 g/mol. The van der Waals surface area contributed by atoms with Crippen molar-refractivity contribution in [2.24, 2.45) is 0 Å². The van der Waals surface area contributed by atoms with Gasteiger partial charge in [-0.3, -0.25) is 0 Å². The minimum Gasteiger partial charge on any atom is -0.241 e. The summed E-state index contributed by atoms with van der Waals surface area (Å²) in [5, 5.41) is 4.62. The highest BCUT2D eigenvalue weighted by Crippen LogP contribution is 2.40. The summed E-state index contributed by atoms with van der Waals surface area (Å²) in [6.07, 6.45) is 4.53. The molecule has 110 valence electrons. The number of aromatic nitrogens is 2. The molecule has 2 atom stereocenters. The van der Waals surface area contributed by atoms with Gasteiger partial charge in [-0.05, 0) is 36.8 Å². The summed E-state index contributed by atoms with van der Waals surface area (Å²) in [7, 11) is -3.36. The SMILES string of the molecule is O=S(=O)(c1ccc(-n2cccn2)cc1)N1CC2CC1CS2. The van der Waals surface area contributed by atoms with Gasteiger partial charge in [0, 0.05) is 36.0 Å². The molecule has 2 aromatic rings. The fourth-order valence-electron chi connectivity index (χ4n) is 2.99. The highest BCUT2D eigenvalue weighted by Gasteiger charge is 2.44. The Bertz CT molecular complexity index is 741. The molecule has 2 fully saturated rings. The van der Waals surface area contributed by atoms with Crippen molar-refractivity contribution in [3.8, 4) is 5.69 Å². The van der Waals surface area contributed by atoms with Gasteiger partial charge < -0.3 is 0 Å². The van der Waals surface area contributed by atoms with Gasteiger partial charge in [0.2, 0.25) is 10.0 Å². The van der Waals surface area contributed by atoms with Crippen LogP contribution in [0.15, 0.2) is 47.6 Å². The van der Waals surface area contributed by atoms with Gasteiger partial charge in [-0.1, -0.05) is 0 Å². The molecule has 1 aromatic carbocycles. The third kappa shape index (κ3) is 2.20. The first-order valence-corrected chi connectivity index (χ1v) is 9.37. The molecule has 5 nitrogen and oxygen atoms in total. The van der Waals surface area contributed by atoms with Gasteiger partial charge >= 0.3 is 0 Å². The number of nitrogens with zero attached hydrogens (tertiary/aromatic N) is 3. The van der Waals surface area contributed by atoms with E-state index in [9.17, 15) is 8.42 Å². The zero-order valence-electron chi connectivity index (χ0n) is 11.3. The molecule has 2 bridgehead atoms. The maximum Gasteiger partial charge on any atom is 0.243 e. The van der Waals surface area contributed by atoms with Gasteiger partial charge in [-0.15, -0.1) is 0 Å². The first kappa shape index (κ1) is 13.4. The molecule has 0 saturated carbocycles. The zero-order valence-corrected chi connectivity index (χ0v) is 12.9. The van der Waals surface area contributed by atoms with E-state index in [4.69, 9.17) is 0 Å². The zero-order chi connectivity index (χ0) is 14.4. The fourth-order valence-corrected chi connectivity index (χ4v) is 6.29. The third-order valence-electron chi connectivity index (χ3n) is 4.06. The highest BCUT2D eigenvalue weighted by molar-refractivity contribution is 8.00. The van der Waals surface area contributed by atoms with Gasteiger partial charge in [0.1, 0.15) is 0 Å². The van der Waals surface area contributed by atoms with E-state index in [1.165, 1.54) is 0 Å². The van der Waals surface area contributed by atoms with Gasteiger partial charge in [-0.25, -0.2) is 13.1 Å². The van der Waals surface area contributed by atoms with Crippen molar-refractivity contribution in [2.45, 2.75) is 22.6 Å². The standard InChI is InChI=1S/C14H15N3O2S2/c18-21(19,17-9-13-8-12(17)10-20-13)14-4-2-11(3-5-14)16-7-1-6-15-16/h1-7,12-13H,8-10H2. The van der Waals surface area contributed by atoms with Crippen molar-refractivity contribution in [2.75, 3.05) is 12.3 Å². The van der Waals surface area contributed by atoms with E-state index in [0.29, 0.717) is 16.7 Å². The second-order valence-electron chi connectivity index (χ2n) is 5.36. The largest absolute Gasteiger partial charge is 0.243 e. The molecule has 2 aliphatic rings. The van der Waals surface area contributed by atoms with E-state index in [-0.39, 0.29) is 6.04 Å². The van der Waals surface area contributed by atoms with Gasteiger partial charge in [0.05, 0.1) is 10.6 Å². The van der Waals surface area contributed by atoms with E-state index in [0.717, 1.165) is 17.9 Å². The van der Waals surface area contributed by atoms with Crippen molar-refractivity contribution >= 4 is 21.8 Å². The lowest BCUT2D eigenvalue weighted by molar-refractivity contribution is 0.410. The van der Waals surface area contributed by atoms with E-state index >= 15 is 0 Å². The van der Waals surface area contributed by atoms with Crippen LogP contribution in [-0.2, 0) is 10.0 Å². The van der Waals surface area contributed by atoms with Crippen LogP contribution in [-0.4, -0.2) is 46.1 Å². The van der Waals surface area contributed by atoms with Crippen LogP contribution in [0.1, 0.15) is 6.42 Å². The van der Waals surface area contributed by atoms with E-state index in [1.807, 2.05) is 24.0 Å². The lowest BCUT2D eigenvalue weighted by atomic mass is 10.3. The molecule has 4 rings (SSSR count). The Morgan fingerprint density at radius 2 is 2.05 bits per heavy atom. The summed E-state index contributed by atoms with van der Waals surface area (Å²) in [5.41, 5.74) is 0.859. The molecule has 21 heavy (non-hydrogen) atoms. The minimum atomic E-state index is -3.36. The van der Waals surface area contributed by atoms with E-state index in [1.54, 1.807) is 39.4 Å². The quantitative estimate of drug-likeness (QED) is 0.864. The van der Waals surface area contributed by atoms with Crippen LogP contribution in [0.25, 0.3) is 5.69 Å². The van der Waals surface area contributed by atoms with E-state index < -0.39 is 10.0 Å². The van der Waals surface area contributed by atoms with Crippen LogP contribution in [0.3, 0.4) is 0 Å². The Morgan fingerprint density at radius 3 is 2.62 bits per heavy atom. The average molecular weight is 321 g/mol. The molecular formula is C14H15N3O2S2. The van der Waals surface area contributed by atoms with Crippen LogP contribution < -0.4 is 0 Å². The second kappa shape index (κ2) is 4.86. The number of thioether (sulfide) groups is 1. The van der Waals surface area contributed by atoms with Gasteiger partial charge in [0.25, 0.3) is 0 Å². The molecule has 0 spiro atoms. The van der Waals surface area contributed by atoms with Crippen molar-refractivity contribution in [1.82, 2.24) is 14.1 Å². The molecule has 2 saturated heterocycles. The Labute approximate surface area is 128 Å². The molecule has 3 heterocycles. The molecule has 0 aliphatic carbocycles. The molecule has 2 aliphatic heterocycles. The average Bonchev–Trinajstić information content (AvgIpc) is 3.24. The summed E-state index contributed by atoms with van der Waals surface area (Å²) in [5.74, 6) is 0.926. The third-order valence-corrected chi connectivity index (χ3v) is 7.39. The van der Waals surface area contributed by atoms with Crippen molar-refractivity contribution in [1.29, 1.82) is 0 Å². The molecule has 2 unspecified atom stereocenters. The lowest BCUT2D eigenvalue weighted by Crippen LogP contribution is -2.39. The molecular weight excluding hydrogens is 306 g/mol. The van der Waals surface area contributed by atoms with Crippen LogP contribution in [0.4, 0.5) is 0 Å². The first-order chi connectivity index (χ1) is 10.1. The first-order valence-electron chi connectivity index (χ1n) is 6.88. The summed E-state index contributed by atoms with van der Waals surface area (Å²) in [6, 6.07) is 8.95. The van der Waals surface area contributed by atoms with Crippen LogP contribution in [0, 0.1) is 0 Å². The molecule has 1 aromatic heterocycles. The number of hydrogen-bond donors (Lipinski definition) is 0. The summed E-state index contributed by atoms with van der Waals surface area (Å²) >= 11 is 1.89. The second-order valence-corrected chi connectivity index (χ2v) is 8.59. The molecule has 0 N–H and O–H groups in total. The number of benzene rings is 1. The number of rotatable bonds is 3. The van der Waals surface area contributed by atoms with Crippen molar-refractivity contribution in [3.05, 3.63) is 42.7 Å². The maximum absolute atomic E-state index is 12.7. The fraction of sp³-hybridized carbons (Fsp3) is 0.357. The van der Waals surface area contributed by atoms with Crippen molar-refractivity contribution in [3.63, 3.8) is 0 Å². The summed E-state index contributed by atoms with van der Waals surface area (Å²) in [4.78, 5) is 0.371. The van der Waals surface area contributed by atoms with Crippen LogP contribution in [0.2, 0.25) is 0 Å². The van der Waals surface area contributed by atoms with E-state index in [2.05, 4.69) is 5.10 Å². The number of hydrogen-bond acceptors (Lipinski definition) is 4. The van der Waals surface area contributed by atoms with Gasteiger partial charge in [0.15, 0.2) is 0 Å². The molecule has 0 radical (unpaired) electrons. The predicted molar refractivity (Wildman–Crippen MR) is 82.1 cm³/mol. The molecule has 7 heteroatoms. The topological polar surface area (TPSA) is 55.2 Å². The Balaban J connectivity index is 1.64. The number of fused-ring (bicyclic) bond motifs is 2. The lowest BCUT2D eigenvalue weighted by Gasteiger charge is -2.25. The maximum atomic E-state index is 12.7. The smallest absolute Gasteiger partial charge is 0.241 e. The van der Waals surface area contributed by atoms with Crippen molar-refractivity contribution < 1.29 is 8.42 Å². The van der Waals surface area contributed by atoms with Gasteiger partial charge in [-0.2, -0.15) is 21.2 Å². The van der Waals surface area contributed by atoms with Crippen LogP contribution >= 0.6 is 11.8 Å². The normalized spacial score (nSPS) is 25.5. The summed E-state index contributed by atoms with van der Waals surface area (Å²) in [6.45, 7) is 0.651. The Kier molecular flexibility index (Phi) is 3.09. The molecule has 0 amide bonds. The summed E-state index contributed by atoms with van der Waals surface area (Å²) < 4.78 is 28.8. The Hall–Kier alpha value is -1.31. The van der Waals surface area contributed by atoms with Crippen LogP contribution in [0.5, 0.6) is 0 Å². The highest BCUT2D eigenvalue weighted by atomic mass is 32.2. The minimum absolute atomic E-state index is 0.177. The Morgan fingerprint density at radius 1 is 1.24 bits per heavy atom. The predicted octanol–water partition coefficient (Wildman–Crippen LogP) is 1.75. The number of sulfonamides is 1.